The molecule has 0 aromatic rings. The first-order valence-corrected chi connectivity index (χ1v) is 12.7. The molecule has 1 atom stereocenters. The molecular formula is C23H44N2O2S. The van der Waals surface area contributed by atoms with E-state index in [1.807, 2.05) is 13.8 Å². The summed E-state index contributed by atoms with van der Waals surface area (Å²) in [7, 11) is 0. The van der Waals surface area contributed by atoms with Gasteiger partial charge in [-0.1, -0.05) is 90.4 Å². The number of hydrogen-bond donors (Lipinski definition) is 1. The molecule has 2 amide bonds. The van der Waals surface area contributed by atoms with E-state index in [4.69, 9.17) is 0 Å². The molecule has 1 heterocycles. The number of thioether (sulfide) groups is 1. The van der Waals surface area contributed by atoms with Crippen LogP contribution in [-0.2, 0) is 9.59 Å². The van der Waals surface area contributed by atoms with Gasteiger partial charge in [0.15, 0.2) is 0 Å². The standard InChI is InChI=1S/C23H44N2O2S/c1-4-5-6-7-8-9-10-11-12-13-14-15-16-17-18-24-22(27)21-19-28-23(2,3)25(21)20-26/h20-21H,4-19H2,1-3H3,(H,24,27)/t21-/m0/s1. The predicted octanol–water partition coefficient (Wildman–Crippen LogP) is 5.89. The molecule has 4 nitrogen and oxygen atoms in total. The molecule has 164 valence electrons. The van der Waals surface area contributed by atoms with Crippen molar-refractivity contribution in [3.05, 3.63) is 0 Å². The van der Waals surface area contributed by atoms with Gasteiger partial charge in [-0.3, -0.25) is 9.59 Å². The fraction of sp³-hybridized carbons (Fsp3) is 0.913. The van der Waals surface area contributed by atoms with Crippen molar-refractivity contribution in [2.24, 2.45) is 0 Å². The van der Waals surface area contributed by atoms with Crippen molar-refractivity contribution in [3.8, 4) is 0 Å². The zero-order chi connectivity index (χ0) is 20.7. The lowest BCUT2D eigenvalue weighted by molar-refractivity contribution is -0.133. The van der Waals surface area contributed by atoms with Crippen LogP contribution in [0.4, 0.5) is 0 Å². The summed E-state index contributed by atoms with van der Waals surface area (Å²) in [6.45, 7) is 6.99. The first-order valence-electron chi connectivity index (χ1n) is 11.7. The quantitative estimate of drug-likeness (QED) is 0.239. The van der Waals surface area contributed by atoms with E-state index in [9.17, 15) is 9.59 Å². The molecule has 0 bridgehead atoms. The Morgan fingerprint density at radius 3 is 1.86 bits per heavy atom. The van der Waals surface area contributed by atoms with Crippen LogP contribution in [0.2, 0.25) is 0 Å². The second-order valence-corrected chi connectivity index (χ2v) is 10.3. The number of nitrogens with zero attached hydrogens (tertiary/aromatic N) is 1. The van der Waals surface area contributed by atoms with Gasteiger partial charge in [-0.05, 0) is 20.3 Å². The zero-order valence-electron chi connectivity index (χ0n) is 18.6. The molecule has 0 radical (unpaired) electrons. The van der Waals surface area contributed by atoms with Gasteiger partial charge >= 0.3 is 0 Å². The van der Waals surface area contributed by atoms with Gasteiger partial charge in [0.2, 0.25) is 12.3 Å². The SMILES string of the molecule is CCCCCCCCCCCCCCCCNC(=O)[C@@H]1CSC(C)(C)N1C=O. The van der Waals surface area contributed by atoms with E-state index in [1.165, 1.54) is 83.5 Å². The molecule has 1 aliphatic rings. The maximum atomic E-state index is 12.3. The van der Waals surface area contributed by atoms with Crippen molar-refractivity contribution in [3.63, 3.8) is 0 Å². The Kier molecular flexibility index (Phi) is 13.7. The van der Waals surface area contributed by atoms with E-state index in [2.05, 4.69) is 12.2 Å². The summed E-state index contributed by atoms with van der Waals surface area (Å²) < 4.78 is 0. The van der Waals surface area contributed by atoms with Crippen LogP contribution in [0.25, 0.3) is 0 Å². The van der Waals surface area contributed by atoms with Crippen LogP contribution < -0.4 is 5.32 Å². The summed E-state index contributed by atoms with van der Waals surface area (Å²) >= 11 is 1.67. The molecule has 0 spiro atoms. The van der Waals surface area contributed by atoms with Crippen LogP contribution >= 0.6 is 11.8 Å². The number of carbonyl (C=O) groups excluding carboxylic acids is 2. The Labute approximate surface area is 178 Å². The minimum Gasteiger partial charge on any atom is -0.354 e. The lowest BCUT2D eigenvalue weighted by Gasteiger charge is -2.30. The molecular weight excluding hydrogens is 368 g/mol. The Balaban J connectivity index is 1.89. The molecule has 0 aliphatic carbocycles. The number of rotatable bonds is 17. The average molecular weight is 413 g/mol. The fourth-order valence-electron chi connectivity index (χ4n) is 3.86. The van der Waals surface area contributed by atoms with E-state index in [-0.39, 0.29) is 16.8 Å². The van der Waals surface area contributed by atoms with Crippen LogP contribution in [0.1, 0.15) is 111 Å². The number of unbranched alkanes of at least 4 members (excludes halogenated alkanes) is 13. The number of carbonyl (C=O) groups is 2. The molecule has 0 unspecified atom stereocenters. The van der Waals surface area contributed by atoms with Gasteiger partial charge < -0.3 is 10.2 Å². The molecule has 0 aromatic heterocycles. The summed E-state index contributed by atoms with van der Waals surface area (Å²) in [6, 6.07) is -0.316. The van der Waals surface area contributed by atoms with Gasteiger partial charge in [0, 0.05) is 12.3 Å². The Morgan fingerprint density at radius 2 is 1.39 bits per heavy atom. The summed E-state index contributed by atoms with van der Waals surface area (Å²) in [5, 5.41) is 3.02. The molecule has 0 saturated carbocycles. The second-order valence-electron chi connectivity index (χ2n) is 8.67. The number of hydrogen-bond acceptors (Lipinski definition) is 3. The normalized spacial score (nSPS) is 18.4. The van der Waals surface area contributed by atoms with Gasteiger partial charge in [0.1, 0.15) is 6.04 Å². The molecule has 1 aliphatic heterocycles. The summed E-state index contributed by atoms with van der Waals surface area (Å²) in [4.78, 5) is 25.0. The van der Waals surface area contributed by atoms with Crippen molar-refractivity contribution in [2.45, 2.75) is 122 Å². The van der Waals surface area contributed by atoms with Gasteiger partial charge in [-0.15, -0.1) is 11.8 Å². The summed E-state index contributed by atoms with van der Waals surface area (Å²) in [5.74, 6) is 0.691. The maximum absolute atomic E-state index is 12.3. The van der Waals surface area contributed by atoms with E-state index in [1.54, 1.807) is 16.7 Å². The minimum absolute atomic E-state index is 0.000121. The summed E-state index contributed by atoms with van der Waals surface area (Å²) in [5.41, 5.74) is 0. The number of amides is 2. The van der Waals surface area contributed by atoms with Crippen LogP contribution in [0.15, 0.2) is 0 Å². The molecule has 1 rings (SSSR count). The second kappa shape index (κ2) is 15.2. The molecule has 1 saturated heterocycles. The molecule has 1 N–H and O–H groups in total. The third kappa shape index (κ3) is 10.2. The molecule has 0 aromatic carbocycles. The molecule has 5 heteroatoms. The van der Waals surface area contributed by atoms with Gasteiger partial charge in [-0.2, -0.15) is 0 Å². The Bertz CT molecular complexity index is 429. The Hall–Kier alpha value is -0.710. The van der Waals surface area contributed by atoms with Crippen LogP contribution in [0.3, 0.4) is 0 Å². The topological polar surface area (TPSA) is 49.4 Å². The predicted molar refractivity (Wildman–Crippen MR) is 122 cm³/mol. The lowest BCUT2D eigenvalue weighted by Crippen LogP contribution is -2.49. The third-order valence-electron chi connectivity index (χ3n) is 5.80. The highest BCUT2D eigenvalue weighted by molar-refractivity contribution is 8.00. The first-order chi connectivity index (χ1) is 13.5. The zero-order valence-corrected chi connectivity index (χ0v) is 19.5. The fourth-order valence-corrected chi connectivity index (χ4v) is 5.06. The smallest absolute Gasteiger partial charge is 0.243 e. The van der Waals surface area contributed by atoms with Gasteiger partial charge in [-0.25, -0.2) is 0 Å². The lowest BCUT2D eigenvalue weighted by atomic mass is 10.0. The van der Waals surface area contributed by atoms with E-state index in [0.29, 0.717) is 5.75 Å². The first kappa shape index (κ1) is 25.3. The van der Waals surface area contributed by atoms with E-state index in [0.717, 1.165) is 19.4 Å². The van der Waals surface area contributed by atoms with Crippen molar-refractivity contribution < 1.29 is 9.59 Å². The van der Waals surface area contributed by atoms with Crippen LogP contribution in [-0.4, -0.2) is 40.4 Å². The maximum Gasteiger partial charge on any atom is 0.243 e. The van der Waals surface area contributed by atoms with Crippen molar-refractivity contribution in [1.82, 2.24) is 10.2 Å². The van der Waals surface area contributed by atoms with Crippen molar-refractivity contribution >= 4 is 24.1 Å². The molecule has 28 heavy (non-hydrogen) atoms. The monoisotopic (exact) mass is 412 g/mol. The van der Waals surface area contributed by atoms with Gasteiger partial charge in [0.25, 0.3) is 0 Å². The third-order valence-corrected chi connectivity index (χ3v) is 7.20. The van der Waals surface area contributed by atoms with E-state index >= 15 is 0 Å². The highest BCUT2D eigenvalue weighted by Gasteiger charge is 2.42. The Morgan fingerprint density at radius 1 is 0.929 bits per heavy atom. The van der Waals surface area contributed by atoms with Crippen LogP contribution in [0, 0.1) is 0 Å². The number of nitrogens with one attached hydrogen (secondary N) is 1. The van der Waals surface area contributed by atoms with Crippen molar-refractivity contribution in [1.29, 1.82) is 0 Å². The average Bonchev–Trinajstić information content (AvgIpc) is 2.99. The molecule has 1 fully saturated rings. The van der Waals surface area contributed by atoms with E-state index < -0.39 is 0 Å². The van der Waals surface area contributed by atoms with Crippen molar-refractivity contribution in [2.75, 3.05) is 12.3 Å². The summed E-state index contributed by atoms with van der Waals surface area (Å²) in [6.07, 6.45) is 19.6. The van der Waals surface area contributed by atoms with Gasteiger partial charge in [0.05, 0.1) is 4.87 Å². The van der Waals surface area contributed by atoms with Crippen LogP contribution in [0.5, 0.6) is 0 Å². The highest BCUT2D eigenvalue weighted by Crippen LogP contribution is 2.37. The largest absolute Gasteiger partial charge is 0.354 e. The highest BCUT2D eigenvalue weighted by atomic mass is 32.2. The minimum atomic E-state index is -0.316.